The number of likely N-dealkylation sites (N-methyl/N-ethyl adjacent to an activating group) is 1. The third kappa shape index (κ3) is 2.34. The van der Waals surface area contributed by atoms with Crippen LogP contribution < -0.4 is 0 Å². The number of aliphatic hydroxyl groups excluding tert-OH is 1. The van der Waals surface area contributed by atoms with Crippen molar-refractivity contribution >= 4 is 27.3 Å². The van der Waals surface area contributed by atoms with Crippen LogP contribution in [0.3, 0.4) is 0 Å². The lowest BCUT2D eigenvalue weighted by Crippen LogP contribution is -2.46. The summed E-state index contributed by atoms with van der Waals surface area (Å²) in [4.78, 5) is 14.4. The van der Waals surface area contributed by atoms with E-state index >= 15 is 0 Å². The standard InChI is InChI=1S/C16H19NO2S/c1-17(13-7-3-4-8-14(13)18)16(19)12-10-20-15-9-5-2-6-11(12)15/h2,5-6,9-10,13-14,18H,3-4,7-8H2,1H3. The topological polar surface area (TPSA) is 40.5 Å². The predicted octanol–water partition coefficient (Wildman–Crippen LogP) is 3.28. The molecular weight excluding hydrogens is 270 g/mol. The van der Waals surface area contributed by atoms with Crippen LogP contribution in [0.2, 0.25) is 0 Å². The van der Waals surface area contributed by atoms with Crippen molar-refractivity contribution in [3.8, 4) is 0 Å². The lowest BCUT2D eigenvalue weighted by atomic mass is 9.91. The van der Waals surface area contributed by atoms with Crippen LogP contribution in [0.25, 0.3) is 10.1 Å². The number of carbonyl (C=O) groups is 1. The van der Waals surface area contributed by atoms with Gasteiger partial charge < -0.3 is 10.0 Å². The van der Waals surface area contributed by atoms with E-state index in [4.69, 9.17) is 0 Å². The molecule has 0 spiro atoms. The molecule has 4 heteroatoms. The van der Waals surface area contributed by atoms with Gasteiger partial charge in [-0.3, -0.25) is 4.79 Å². The van der Waals surface area contributed by atoms with Gasteiger partial charge in [-0.05, 0) is 18.9 Å². The zero-order valence-electron chi connectivity index (χ0n) is 11.6. The van der Waals surface area contributed by atoms with Crippen LogP contribution in [0, 0.1) is 0 Å². The number of fused-ring (bicyclic) bond motifs is 1. The molecule has 1 fully saturated rings. The number of nitrogens with zero attached hydrogens (tertiary/aromatic N) is 1. The van der Waals surface area contributed by atoms with Gasteiger partial charge in [0.2, 0.25) is 0 Å². The number of hydrogen-bond acceptors (Lipinski definition) is 3. The summed E-state index contributed by atoms with van der Waals surface area (Å²) in [6.07, 6.45) is 3.45. The third-order valence-electron chi connectivity index (χ3n) is 4.22. The van der Waals surface area contributed by atoms with E-state index in [9.17, 15) is 9.90 Å². The van der Waals surface area contributed by atoms with Crippen LogP contribution in [-0.4, -0.2) is 35.1 Å². The molecule has 106 valence electrons. The molecule has 0 aliphatic heterocycles. The van der Waals surface area contributed by atoms with E-state index < -0.39 is 0 Å². The molecule has 0 saturated heterocycles. The molecular formula is C16H19NO2S. The Hall–Kier alpha value is -1.39. The molecule has 0 bridgehead atoms. The lowest BCUT2D eigenvalue weighted by Gasteiger charge is -2.35. The smallest absolute Gasteiger partial charge is 0.255 e. The highest BCUT2D eigenvalue weighted by Gasteiger charge is 2.30. The molecule has 20 heavy (non-hydrogen) atoms. The second kappa shape index (κ2) is 5.54. The van der Waals surface area contributed by atoms with Gasteiger partial charge in [-0.25, -0.2) is 0 Å². The van der Waals surface area contributed by atoms with Gasteiger partial charge in [-0.2, -0.15) is 0 Å². The van der Waals surface area contributed by atoms with Gasteiger partial charge in [0.05, 0.1) is 17.7 Å². The van der Waals surface area contributed by atoms with E-state index in [1.165, 1.54) is 0 Å². The molecule has 1 aliphatic carbocycles. The summed E-state index contributed by atoms with van der Waals surface area (Å²) in [6, 6.07) is 7.93. The molecule has 3 nitrogen and oxygen atoms in total. The molecule has 1 saturated carbocycles. The van der Waals surface area contributed by atoms with E-state index in [2.05, 4.69) is 0 Å². The number of aliphatic hydroxyl groups is 1. The van der Waals surface area contributed by atoms with Gasteiger partial charge in [-0.1, -0.05) is 31.0 Å². The highest BCUT2D eigenvalue weighted by molar-refractivity contribution is 7.17. The fourth-order valence-corrected chi connectivity index (χ4v) is 3.96. The van der Waals surface area contributed by atoms with E-state index in [0.717, 1.165) is 41.3 Å². The van der Waals surface area contributed by atoms with Crippen molar-refractivity contribution in [2.24, 2.45) is 0 Å². The van der Waals surface area contributed by atoms with Crippen molar-refractivity contribution in [1.29, 1.82) is 0 Å². The first-order valence-electron chi connectivity index (χ1n) is 7.10. The number of rotatable bonds is 2. The van der Waals surface area contributed by atoms with Gasteiger partial charge in [-0.15, -0.1) is 11.3 Å². The maximum Gasteiger partial charge on any atom is 0.255 e. The second-order valence-corrected chi connectivity index (χ2v) is 6.39. The third-order valence-corrected chi connectivity index (χ3v) is 5.19. The summed E-state index contributed by atoms with van der Waals surface area (Å²) in [5.74, 6) is 0.0217. The molecule has 1 heterocycles. The number of hydrogen-bond donors (Lipinski definition) is 1. The number of benzene rings is 1. The Morgan fingerprint density at radius 2 is 2.05 bits per heavy atom. The van der Waals surface area contributed by atoms with Crippen LogP contribution in [0.15, 0.2) is 29.6 Å². The quantitative estimate of drug-likeness (QED) is 0.921. The van der Waals surface area contributed by atoms with Crippen molar-refractivity contribution in [2.75, 3.05) is 7.05 Å². The molecule has 2 atom stereocenters. The van der Waals surface area contributed by atoms with Crippen LogP contribution in [-0.2, 0) is 0 Å². The minimum atomic E-state index is -0.386. The van der Waals surface area contributed by atoms with Crippen LogP contribution >= 0.6 is 11.3 Å². The van der Waals surface area contributed by atoms with Crippen LogP contribution in [0.1, 0.15) is 36.0 Å². The molecule has 1 aliphatic rings. The second-order valence-electron chi connectivity index (χ2n) is 5.48. The molecule has 1 aromatic carbocycles. The molecule has 1 aromatic heterocycles. The predicted molar refractivity (Wildman–Crippen MR) is 82.2 cm³/mol. The Kier molecular flexibility index (Phi) is 3.76. The molecule has 1 amide bonds. The van der Waals surface area contributed by atoms with Crippen molar-refractivity contribution in [3.63, 3.8) is 0 Å². The van der Waals surface area contributed by atoms with E-state index in [-0.39, 0.29) is 18.1 Å². The number of thiophene rings is 1. The Labute approximate surface area is 122 Å². The van der Waals surface area contributed by atoms with Gasteiger partial charge in [0.15, 0.2) is 0 Å². The monoisotopic (exact) mass is 289 g/mol. The van der Waals surface area contributed by atoms with Crippen molar-refractivity contribution in [1.82, 2.24) is 4.90 Å². The molecule has 1 N–H and O–H groups in total. The van der Waals surface area contributed by atoms with E-state index in [1.54, 1.807) is 16.2 Å². The number of carbonyl (C=O) groups excluding carboxylic acids is 1. The highest BCUT2D eigenvalue weighted by atomic mass is 32.1. The highest BCUT2D eigenvalue weighted by Crippen LogP contribution is 2.29. The Morgan fingerprint density at radius 3 is 2.85 bits per heavy atom. The zero-order chi connectivity index (χ0) is 14.1. The van der Waals surface area contributed by atoms with Crippen LogP contribution in [0.4, 0.5) is 0 Å². The fraction of sp³-hybridized carbons (Fsp3) is 0.438. The maximum absolute atomic E-state index is 12.7. The molecule has 3 rings (SSSR count). The van der Waals surface area contributed by atoms with E-state index in [0.29, 0.717) is 0 Å². The normalized spacial score (nSPS) is 22.9. The molecule has 2 unspecified atom stereocenters. The summed E-state index contributed by atoms with van der Waals surface area (Å²) in [5, 5.41) is 13.1. The molecule has 0 radical (unpaired) electrons. The zero-order valence-corrected chi connectivity index (χ0v) is 12.4. The fourth-order valence-electron chi connectivity index (χ4n) is 3.03. The van der Waals surface area contributed by atoms with Gasteiger partial charge >= 0.3 is 0 Å². The first kappa shape index (κ1) is 13.6. The largest absolute Gasteiger partial charge is 0.391 e. The van der Waals surface area contributed by atoms with Crippen molar-refractivity contribution in [2.45, 2.75) is 37.8 Å². The van der Waals surface area contributed by atoms with Gasteiger partial charge in [0.1, 0.15) is 0 Å². The summed E-state index contributed by atoms with van der Waals surface area (Å²) in [6.45, 7) is 0. The first-order chi connectivity index (χ1) is 9.68. The minimum absolute atomic E-state index is 0.0217. The summed E-state index contributed by atoms with van der Waals surface area (Å²) >= 11 is 1.60. The van der Waals surface area contributed by atoms with Crippen LogP contribution in [0.5, 0.6) is 0 Å². The average molecular weight is 289 g/mol. The Bertz CT molecular complexity index is 622. The summed E-state index contributed by atoms with van der Waals surface area (Å²) < 4.78 is 1.13. The summed E-state index contributed by atoms with van der Waals surface area (Å²) in [7, 11) is 1.81. The first-order valence-corrected chi connectivity index (χ1v) is 7.98. The SMILES string of the molecule is CN(C(=O)c1csc2ccccc12)C1CCCCC1O. The molecule has 2 aromatic rings. The minimum Gasteiger partial charge on any atom is -0.391 e. The van der Waals surface area contributed by atoms with E-state index in [1.807, 2.05) is 36.7 Å². The summed E-state index contributed by atoms with van der Waals surface area (Å²) in [5.41, 5.74) is 0.755. The Balaban J connectivity index is 1.88. The maximum atomic E-state index is 12.7. The van der Waals surface area contributed by atoms with Crippen molar-refractivity contribution < 1.29 is 9.90 Å². The van der Waals surface area contributed by atoms with Gasteiger partial charge in [0, 0.05) is 22.5 Å². The number of amides is 1. The van der Waals surface area contributed by atoms with Gasteiger partial charge in [0.25, 0.3) is 5.91 Å². The average Bonchev–Trinajstić information content (AvgIpc) is 2.90. The van der Waals surface area contributed by atoms with Crippen molar-refractivity contribution in [3.05, 3.63) is 35.2 Å². The lowest BCUT2D eigenvalue weighted by molar-refractivity contribution is 0.0269. The Morgan fingerprint density at radius 1 is 1.30 bits per heavy atom.